The second-order valence-electron chi connectivity index (χ2n) is 7.30. The molecule has 30 heavy (non-hydrogen) atoms. The molecule has 3 aromatic carbocycles. The number of fused-ring (bicyclic) bond motifs is 1. The third-order valence-electron chi connectivity index (χ3n) is 5.40. The Morgan fingerprint density at radius 1 is 1.00 bits per heavy atom. The molecule has 5 nitrogen and oxygen atoms in total. The summed E-state index contributed by atoms with van der Waals surface area (Å²) in [6.07, 6.45) is 2.28. The van der Waals surface area contributed by atoms with Crippen molar-refractivity contribution in [2.45, 2.75) is 31.1 Å². The third kappa shape index (κ3) is 3.83. The molecular formula is C24H24N2O3S. The average Bonchev–Trinajstić information content (AvgIpc) is 2.79. The van der Waals surface area contributed by atoms with Gasteiger partial charge in [-0.25, -0.2) is 8.42 Å². The predicted molar refractivity (Wildman–Crippen MR) is 120 cm³/mol. The van der Waals surface area contributed by atoms with Gasteiger partial charge >= 0.3 is 0 Å². The molecule has 0 aromatic heterocycles. The van der Waals surface area contributed by atoms with E-state index in [1.807, 2.05) is 37.3 Å². The number of benzene rings is 3. The van der Waals surface area contributed by atoms with Crippen LogP contribution in [0, 0.1) is 0 Å². The molecular weight excluding hydrogens is 396 g/mol. The van der Waals surface area contributed by atoms with Gasteiger partial charge in [0.1, 0.15) is 0 Å². The summed E-state index contributed by atoms with van der Waals surface area (Å²) in [5.41, 5.74) is 3.92. The van der Waals surface area contributed by atoms with E-state index in [4.69, 9.17) is 0 Å². The zero-order chi connectivity index (χ0) is 21.1. The molecule has 0 saturated carbocycles. The highest BCUT2D eigenvalue weighted by Crippen LogP contribution is 2.33. The fraction of sp³-hybridized carbons (Fsp3) is 0.208. The molecule has 4 rings (SSSR count). The largest absolute Gasteiger partial charge is 0.322 e. The first-order chi connectivity index (χ1) is 14.5. The third-order valence-corrected chi connectivity index (χ3v) is 7.22. The van der Waals surface area contributed by atoms with Crippen LogP contribution in [-0.2, 0) is 22.9 Å². The van der Waals surface area contributed by atoms with Gasteiger partial charge in [-0.05, 0) is 66.8 Å². The smallest absolute Gasteiger partial charge is 0.264 e. The normalized spacial score (nSPS) is 13.6. The van der Waals surface area contributed by atoms with Crippen LogP contribution in [0.15, 0.2) is 77.7 Å². The molecule has 0 radical (unpaired) electrons. The van der Waals surface area contributed by atoms with Crippen LogP contribution in [-0.4, -0.2) is 20.9 Å². The van der Waals surface area contributed by atoms with Crippen molar-refractivity contribution in [1.29, 1.82) is 0 Å². The molecule has 0 aliphatic carbocycles. The van der Waals surface area contributed by atoms with Crippen LogP contribution in [0.2, 0.25) is 0 Å². The summed E-state index contributed by atoms with van der Waals surface area (Å²) < 4.78 is 27.7. The van der Waals surface area contributed by atoms with Crippen molar-refractivity contribution in [2.75, 3.05) is 16.2 Å². The summed E-state index contributed by atoms with van der Waals surface area (Å²) in [6, 6.07) is 21.4. The average molecular weight is 421 g/mol. The number of para-hydroxylation sites is 1. The fourth-order valence-corrected chi connectivity index (χ4v) is 5.38. The Balaban J connectivity index is 1.63. The SMILES string of the molecule is CCc1ccccc1NC(=O)c1ccc2c(c1)CCCN2S(=O)(=O)c1ccccc1. The van der Waals surface area contributed by atoms with Crippen molar-refractivity contribution in [1.82, 2.24) is 0 Å². The van der Waals surface area contributed by atoms with E-state index in [0.717, 1.165) is 29.7 Å². The fourth-order valence-electron chi connectivity index (χ4n) is 3.82. The molecule has 154 valence electrons. The minimum absolute atomic E-state index is 0.193. The second-order valence-corrected chi connectivity index (χ2v) is 9.16. The van der Waals surface area contributed by atoms with Crippen molar-refractivity contribution in [2.24, 2.45) is 0 Å². The highest BCUT2D eigenvalue weighted by molar-refractivity contribution is 7.92. The predicted octanol–water partition coefficient (Wildman–Crippen LogP) is 4.64. The van der Waals surface area contributed by atoms with Crippen molar-refractivity contribution < 1.29 is 13.2 Å². The highest BCUT2D eigenvalue weighted by Gasteiger charge is 2.29. The Labute approximate surface area is 177 Å². The zero-order valence-corrected chi connectivity index (χ0v) is 17.7. The van der Waals surface area contributed by atoms with Gasteiger partial charge in [0.05, 0.1) is 10.6 Å². The first kappa shape index (κ1) is 20.2. The number of nitrogens with one attached hydrogen (secondary N) is 1. The van der Waals surface area contributed by atoms with E-state index in [1.54, 1.807) is 42.5 Å². The number of anilines is 2. The maximum Gasteiger partial charge on any atom is 0.264 e. The van der Waals surface area contributed by atoms with E-state index in [0.29, 0.717) is 24.2 Å². The molecule has 3 aromatic rings. The highest BCUT2D eigenvalue weighted by atomic mass is 32.2. The van der Waals surface area contributed by atoms with Crippen LogP contribution in [0.5, 0.6) is 0 Å². The van der Waals surface area contributed by atoms with Crippen LogP contribution < -0.4 is 9.62 Å². The van der Waals surface area contributed by atoms with E-state index < -0.39 is 10.0 Å². The van der Waals surface area contributed by atoms with E-state index in [2.05, 4.69) is 5.32 Å². The van der Waals surface area contributed by atoms with Gasteiger partial charge in [-0.15, -0.1) is 0 Å². The van der Waals surface area contributed by atoms with Crippen molar-refractivity contribution in [3.05, 3.63) is 89.5 Å². The topological polar surface area (TPSA) is 66.5 Å². The van der Waals surface area contributed by atoms with Gasteiger partial charge < -0.3 is 5.32 Å². The summed E-state index contributed by atoms with van der Waals surface area (Å²) in [6.45, 7) is 2.48. The van der Waals surface area contributed by atoms with Crippen molar-refractivity contribution >= 4 is 27.3 Å². The van der Waals surface area contributed by atoms with Gasteiger partial charge in [-0.2, -0.15) is 0 Å². The number of nitrogens with zero attached hydrogens (tertiary/aromatic N) is 1. The first-order valence-corrected chi connectivity index (χ1v) is 11.5. The van der Waals surface area contributed by atoms with Gasteiger partial charge in [0.25, 0.3) is 15.9 Å². The summed E-state index contributed by atoms with van der Waals surface area (Å²) in [4.78, 5) is 13.1. The molecule has 1 aliphatic rings. The number of aryl methyl sites for hydroxylation is 2. The minimum atomic E-state index is -3.63. The number of hydrogen-bond donors (Lipinski definition) is 1. The Morgan fingerprint density at radius 3 is 2.50 bits per heavy atom. The van der Waals surface area contributed by atoms with Crippen LogP contribution >= 0.6 is 0 Å². The van der Waals surface area contributed by atoms with Crippen molar-refractivity contribution in [3.8, 4) is 0 Å². The van der Waals surface area contributed by atoms with E-state index in [9.17, 15) is 13.2 Å². The molecule has 0 saturated heterocycles. The molecule has 1 heterocycles. The summed E-state index contributed by atoms with van der Waals surface area (Å²) in [5, 5.41) is 2.98. The van der Waals surface area contributed by atoms with Gasteiger partial charge in [0.2, 0.25) is 0 Å². The summed E-state index contributed by atoms with van der Waals surface area (Å²) >= 11 is 0. The van der Waals surface area contributed by atoms with E-state index in [-0.39, 0.29) is 10.8 Å². The number of amides is 1. The van der Waals surface area contributed by atoms with Crippen LogP contribution in [0.1, 0.15) is 34.8 Å². The quantitative estimate of drug-likeness (QED) is 0.654. The maximum atomic E-state index is 13.1. The van der Waals surface area contributed by atoms with Gasteiger partial charge in [-0.3, -0.25) is 9.10 Å². The molecule has 0 spiro atoms. The number of carbonyl (C=O) groups is 1. The Morgan fingerprint density at radius 2 is 1.73 bits per heavy atom. The first-order valence-electron chi connectivity index (χ1n) is 10.1. The Kier molecular flexibility index (Phi) is 5.59. The molecule has 0 atom stereocenters. The lowest BCUT2D eigenvalue weighted by Crippen LogP contribution is -2.35. The van der Waals surface area contributed by atoms with E-state index >= 15 is 0 Å². The molecule has 1 N–H and O–H groups in total. The molecule has 6 heteroatoms. The second kappa shape index (κ2) is 8.32. The number of sulfonamides is 1. The maximum absolute atomic E-state index is 13.1. The lowest BCUT2D eigenvalue weighted by Gasteiger charge is -2.30. The lowest BCUT2D eigenvalue weighted by atomic mass is 10.0. The van der Waals surface area contributed by atoms with E-state index in [1.165, 1.54) is 4.31 Å². The summed E-state index contributed by atoms with van der Waals surface area (Å²) in [5.74, 6) is -0.193. The van der Waals surface area contributed by atoms with Gasteiger partial charge in [0.15, 0.2) is 0 Å². The van der Waals surface area contributed by atoms with Crippen LogP contribution in [0.25, 0.3) is 0 Å². The standard InChI is InChI=1S/C24H24N2O3S/c1-2-18-9-6-7-13-22(18)25-24(27)20-14-15-23-19(17-20)10-8-16-26(23)30(28,29)21-11-4-3-5-12-21/h3-7,9,11-15,17H,2,8,10,16H2,1H3,(H,25,27). The van der Waals surface area contributed by atoms with Crippen LogP contribution in [0.3, 0.4) is 0 Å². The van der Waals surface area contributed by atoms with Gasteiger partial charge in [-0.1, -0.05) is 43.3 Å². The van der Waals surface area contributed by atoms with Gasteiger partial charge in [0, 0.05) is 17.8 Å². The lowest BCUT2D eigenvalue weighted by molar-refractivity contribution is 0.102. The number of carbonyl (C=O) groups excluding carboxylic acids is 1. The molecule has 0 fully saturated rings. The molecule has 1 amide bonds. The summed E-state index contributed by atoms with van der Waals surface area (Å²) in [7, 11) is -3.63. The molecule has 0 unspecified atom stereocenters. The monoisotopic (exact) mass is 420 g/mol. The van der Waals surface area contributed by atoms with Crippen molar-refractivity contribution in [3.63, 3.8) is 0 Å². The minimum Gasteiger partial charge on any atom is -0.322 e. The number of hydrogen-bond acceptors (Lipinski definition) is 3. The Hall–Kier alpha value is -3.12. The zero-order valence-electron chi connectivity index (χ0n) is 16.8. The Bertz CT molecular complexity index is 1170. The van der Waals surface area contributed by atoms with Crippen LogP contribution in [0.4, 0.5) is 11.4 Å². The number of rotatable bonds is 5. The molecule has 0 bridgehead atoms. The molecule has 1 aliphatic heterocycles.